The number of unbranched alkanes of at least 4 members (excludes halogenated alkanes) is 43. The van der Waals surface area contributed by atoms with Crippen LogP contribution in [0.25, 0.3) is 0 Å². The Balaban J connectivity index is 3.92. The summed E-state index contributed by atoms with van der Waals surface area (Å²) in [5.74, 6) is -0.786. The Morgan fingerprint density at radius 3 is 1.00 bits per heavy atom. The lowest BCUT2D eigenvalue weighted by Gasteiger charge is -2.24. The van der Waals surface area contributed by atoms with E-state index in [2.05, 4.69) is 62.5 Å². The van der Waals surface area contributed by atoms with Crippen LogP contribution in [0.5, 0.6) is 0 Å². The van der Waals surface area contributed by atoms with E-state index in [-0.39, 0.29) is 32.0 Å². The molecule has 0 aromatic heterocycles. The zero-order chi connectivity index (χ0) is 59.1. The molecule has 0 aliphatic rings. The summed E-state index contributed by atoms with van der Waals surface area (Å²) < 4.78 is 34.7. The summed E-state index contributed by atoms with van der Waals surface area (Å²) in [6.07, 6.45) is 80.8. The highest BCUT2D eigenvalue weighted by atomic mass is 31.2. The minimum absolute atomic E-state index is 0.0329. The molecule has 1 N–H and O–H groups in total. The van der Waals surface area contributed by atoms with Gasteiger partial charge in [0, 0.05) is 12.8 Å². The molecule has 10 heteroatoms. The fourth-order valence-electron chi connectivity index (χ4n) is 10.2. The molecule has 0 saturated heterocycles. The Morgan fingerprint density at radius 2 is 0.667 bits per heavy atom. The average Bonchev–Trinajstić information content (AvgIpc) is 3.43. The molecule has 0 amide bonds. The maximum atomic E-state index is 12.9. The van der Waals surface area contributed by atoms with Gasteiger partial charge in [0.15, 0.2) is 6.10 Å². The Kier molecular flexibility index (Phi) is 60.9. The number of rotatable bonds is 65. The maximum absolute atomic E-state index is 12.9. The molecule has 0 spiro atoms. The van der Waals surface area contributed by atoms with Crippen LogP contribution in [0.15, 0.2) is 48.6 Å². The third kappa shape index (κ3) is 67.0. The van der Waals surface area contributed by atoms with Gasteiger partial charge < -0.3 is 18.9 Å². The molecule has 9 nitrogen and oxygen atoms in total. The van der Waals surface area contributed by atoms with Crippen molar-refractivity contribution in [3.63, 3.8) is 0 Å². The van der Waals surface area contributed by atoms with Crippen LogP contribution in [-0.4, -0.2) is 74.9 Å². The van der Waals surface area contributed by atoms with Gasteiger partial charge in [-0.15, -0.1) is 0 Å². The Morgan fingerprint density at radius 1 is 0.383 bits per heavy atom. The number of ether oxygens (including phenoxy) is 2. The molecule has 476 valence electrons. The number of carbonyl (C=O) groups is 2. The van der Waals surface area contributed by atoms with E-state index in [1.807, 2.05) is 21.1 Å². The highest BCUT2D eigenvalue weighted by Crippen LogP contribution is 2.43. The van der Waals surface area contributed by atoms with Gasteiger partial charge in [0.25, 0.3) is 0 Å². The van der Waals surface area contributed by atoms with Gasteiger partial charge in [0.1, 0.15) is 19.8 Å². The summed E-state index contributed by atoms with van der Waals surface area (Å²) in [4.78, 5) is 35.8. The van der Waals surface area contributed by atoms with Crippen LogP contribution in [0.4, 0.5) is 0 Å². The van der Waals surface area contributed by atoms with Crippen molar-refractivity contribution in [1.29, 1.82) is 0 Å². The lowest BCUT2D eigenvalue weighted by molar-refractivity contribution is -0.870. The lowest BCUT2D eigenvalue weighted by Crippen LogP contribution is -2.37. The highest BCUT2D eigenvalue weighted by molar-refractivity contribution is 7.47. The van der Waals surface area contributed by atoms with E-state index in [0.29, 0.717) is 17.4 Å². The second-order valence-corrected chi connectivity index (χ2v) is 26.4. The van der Waals surface area contributed by atoms with E-state index >= 15 is 0 Å². The van der Waals surface area contributed by atoms with Crippen LogP contribution in [0.3, 0.4) is 0 Å². The molecule has 0 aromatic carbocycles. The first kappa shape index (κ1) is 79.0. The van der Waals surface area contributed by atoms with E-state index in [0.717, 1.165) is 44.9 Å². The number of nitrogens with zero attached hydrogens (tertiary/aromatic N) is 1. The summed E-state index contributed by atoms with van der Waals surface area (Å²) in [5.41, 5.74) is 0. The monoisotopic (exact) mass is 1160 g/mol. The van der Waals surface area contributed by atoms with Gasteiger partial charge in [-0.3, -0.25) is 18.6 Å². The normalized spacial score (nSPS) is 13.4. The van der Waals surface area contributed by atoms with E-state index < -0.39 is 26.5 Å². The summed E-state index contributed by atoms with van der Waals surface area (Å²) >= 11 is 0. The fraction of sp³-hybridized carbons (Fsp3) is 0.859. The van der Waals surface area contributed by atoms with Gasteiger partial charge >= 0.3 is 19.8 Å². The summed E-state index contributed by atoms with van der Waals surface area (Å²) in [7, 11) is 1.49. The average molecular weight is 1160 g/mol. The molecule has 0 bridgehead atoms. The number of phosphoric acid groups is 1. The van der Waals surface area contributed by atoms with Gasteiger partial charge in [-0.25, -0.2) is 4.57 Å². The summed E-state index contributed by atoms with van der Waals surface area (Å²) in [5, 5.41) is 0. The molecular formula is C71H135NO8P+. The largest absolute Gasteiger partial charge is 0.472 e. The van der Waals surface area contributed by atoms with Crippen LogP contribution in [0.2, 0.25) is 0 Å². The first-order valence-electron chi connectivity index (χ1n) is 34.9. The smallest absolute Gasteiger partial charge is 0.462 e. The number of likely N-dealkylation sites (N-methyl/N-ethyl adjacent to an activating group) is 1. The lowest BCUT2D eigenvalue weighted by atomic mass is 10.0. The molecule has 0 heterocycles. The Hall–Kier alpha value is -2.03. The van der Waals surface area contributed by atoms with Crippen molar-refractivity contribution in [3.8, 4) is 0 Å². The van der Waals surface area contributed by atoms with E-state index in [1.54, 1.807) is 0 Å². The Bertz CT molecular complexity index is 1510. The predicted molar refractivity (Wildman–Crippen MR) is 349 cm³/mol. The van der Waals surface area contributed by atoms with Crippen molar-refractivity contribution in [2.24, 2.45) is 0 Å². The SMILES string of the molecule is CCCCCCC/C=C\C/C=C\C/C=C\CCCCCCCCCCCCCCCCCCCCCCCCCCC(=O)OC(COC(=O)CCCCCCCCC/C=C\CCCCCCCCC)COP(=O)(O)OCC[N+](C)(C)C. The van der Waals surface area contributed by atoms with E-state index in [4.69, 9.17) is 18.5 Å². The number of hydrogen-bond donors (Lipinski definition) is 1. The number of esters is 2. The van der Waals surface area contributed by atoms with Gasteiger partial charge in [-0.2, -0.15) is 0 Å². The standard InChI is InChI=1S/C71H134NO8P/c1-6-8-10-12-14-16-18-20-22-24-26-27-28-29-30-31-32-33-34-35-36-37-38-39-40-41-42-43-44-45-46-48-50-52-54-56-58-60-62-64-71(74)80-69(68-79-81(75,76)78-66-65-72(3,4)5)67-77-70(73)63-61-59-57-55-53-51-49-47-25-23-21-19-17-15-13-11-9-7-2/h18,20,23-26,28-29,69H,6-17,19,21-22,27,30-68H2,1-5H3/p+1/b20-18-,25-23-,26-24-,29-28-. The van der Waals surface area contributed by atoms with Crippen LogP contribution in [-0.2, 0) is 32.7 Å². The van der Waals surface area contributed by atoms with Gasteiger partial charge in [0.05, 0.1) is 27.7 Å². The zero-order valence-electron chi connectivity index (χ0n) is 54.3. The Labute approximate surface area is 503 Å². The first-order valence-corrected chi connectivity index (χ1v) is 36.4. The summed E-state index contributed by atoms with van der Waals surface area (Å²) in [6, 6.07) is 0. The minimum Gasteiger partial charge on any atom is -0.462 e. The third-order valence-electron chi connectivity index (χ3n) is 15.6. The van der Waals surface area contributed by atoms with Crippen molar-refractivity contribution in [1.82, 2.24) is 0 Å². The molecule has 0 saturated carbocycles. The van der Waals surface area contributed by atoms with Crippen molar-refractivity contribution in [2.75, 3.05) is 47.5 Å². The minimum atomic E-state index is -4.39. The quantitative estimate of drug-likeness (QED) is 0.0211. The highest BCUT2D eigenvalue weighted by Gasteiger charge is 2.27. The van der Waals surface area contributed by atoms with Crippen LogP contribution >= 0.6 is 7.82 Å². The molecule has 0 rings (SSSR count). The van der Waals surface area contributed by atoms with Crippen molar-refractivity contribution in [3.05, 3.63) is 48.6 Å². The van der Waals surface area contributed by atoms with Gasteiger partial charge in [-0.1, -0.05) is 300 Å². The molecule has 2 unspecified atom stereocenters. The first-order chi connectivity index (χ1) is 39.5. The van der Waals surface area contributed by atoms with E-state index in [1.165, 1.54) is 263 Å². The van der Waals surface area contributed by atoms with E-state index in [9.17, 15) is 19.0 Å². The maximum Gasteiger partial charge on any atom is 0.472 e. The molecule has 81 heavy (non-hydrogen) atoms. The zero-order valence-corrected chi connectivity index (χ0v) is 55.2. The van der Waals surface area contributed by atoms with Crippen molar-refractivity contribution < 1.29 is 42.1 Å². The van der Waals surface area contributed by atoms with Crippen LogP contribution in [0, 0.1) is 0 Å². The number of hydrogen-bond acceptors (Lipinski definition) is 7. The number of quaternary nitrogens is 1. The van der Waals surface area contributed by atoms with Crippen LogP contribution < -0.4 is 0 Å². The molecule has 0 fully saturated rings. The predicted octanol–water partition coefficient (Wildman–Crippen LogP) is 22.4. The van der Waals surface area contributed by atoms with Crippen molar-refractivity contribution in [2.45, 2.75) is 347 Å². The second kappa shape index (κ2) is 62.5. The molecular weight excluding hydrogens is 1030 g/mol. The van der Waals surface area contributed by atoms with Gasteiger partial charge in [-0.05, 0) is 77.0 Å². The topological polar surface area (TPSA) is 108 Å². The third-order valence-corrected chi connectivity index (χ3v) is 16.6. The molecule has 0 aliphatic heterocycles. The molecule has 0 aromatic rings. The molecule has 0 radical (unpaired) electrons. The van der Waals surface area contributed by atoms with Crippen molar-refractivity contribution >= 4 is 19.8 Å². The second-order valence-electron chi connectivity index (χ2n) is 24.9. The number of phosphoric ester groups is 1. The van der Waals surface area contributed by atoms with Gasteiger partial charge in [0.2, 0.25) is 0 Å². The number of carbonyl (C=O) groups excluding carboxylic acids is 2. The molecule has 2 atom stereocenters. The summed E-state index contributed by atoms with van der Waals surface area (Å²) in [6.45, 7) is 4.46. The molecule has 0 aliphatic carbocycles. The fourth-order valence-corrected chi connectivity index (χ4v) is 10.9. The van der Waals surface area contributed by atoms with Crippen LogP contribution in [0.1, 0.15) is 341 Å². The number of allylic oxidation sites excluding steroid dienone is 8.